The number of hydrogen-bond donors (Lipinski definition) is 2. The molecule has 2 rings (SSSR count). The summed E-state index contributed by atoms with van der Waals surface area (Å²) in [7, 11) is 3.45. The van der Waals surface area contributed by atoms with Crippen LogP contribution in [0.1, 0.15) is 24.1 Å². The summed E-state index contributed by atoms with van der Waals surface area (Å²) in [5, 5.41) is 6.75. The van der Waals surface area contributed by atoms with E-state index in [2.05, 4.69) is 10.6 Å². The van der Waals surface area contributed by atoms with Gasteiger partial charge < -0.3 is 15.4 Å². The average molecular weight is 383 g/mol. The normalized spacial score (nSPS) is 12.6. The summed E-state index contributed by atoms with van der Waals surface area (Å²) in [6.07, 6.45) is 0. The molecule has 0 aromatic heterocycles. The molecule has 2 N–H and O–H groups in total. The van der Waals surface area contributed by atoms with Crippen LogP contribution >= 0.6 is 24.0 Å². The van der Waals surface area contributed by atoms with Crippen molar-refractivity contribution in [2.24, 2.45) is 5.92 Å². The van der Waals surface area contributed by atoms with Crippen LogP contribution in [-0.2, 0) is 4.79 Å². The maximum absolute atomic E-state index is 12.5. The van der Waals surface area contributed by atoms with E-state index in [4.69, 9.17) is 16.3 Å². The van der Waals surface area contributed by atoms with Gasteiger partial charge in [-0.05, 0) is 36.4 Å². The Bertz CT molecular complexity index is 695. The number of nitrogens with one attached hydrogen (secondary N) is 2. The number of ether oxygens (including phenoxy) is 1. The third-order valence-electron chi connectivity index (χ3n) is 3.89. The van der Waals surface area contributed by atoms with Gasteiger partial charge in [0, 0.05) is 17.5 Å². The molecule has 136 valence electrons. The summed E-state index contributed by atoms with van der Waals surface area (Å²) in [5.74, 6) is 0.560. The number of methoxy groups -OCH3 is 1. The summed E-state index contributed by atoms with van der Waals surface area (Å²) in [4.78, 5) is 12.5. The molecular weight excluding hydrogens is 359 g/mol. The van der Waals surface area contributed by atoms with Crippen molar-refractivity contribution < 1.29 is 9.53 Å². The Morgan fingerprint density at radius 1 is 1.20 bits per heavy atom. The van der Waals surface area contributed by atoms with Crippen LogP contribution < -0.4 is 15.4 Å². The Hall–Kier alpha value is -1.75. The molecule has 4 nitrogen and oxygen atoms in total. The monoisotopic (exact) mass is 382 g/mol. The van der Waals surface area contributed by atoms with Gasteiger partial charge in [-0.2, -0.15) is 0 Å². The Kier molecular flexibility index (Phi) is 8.76. The molecule has 2 atom stereocenters. The molecule has 2 aromatic rings. The molecule has 25 heavy (non-hydrogen) atoms. The van der Waals surface area contributed by atoms with E-state index in [9.17, 15) is 4.79 Å². The Morgan fingerprint density at radius 2 is 1.92 bits per heavy atom. The molecule has 0 aliphatic rings. The highest BCUT2D eigenvalue weighted by Crippen LogP contribution is 2.30. The van der Waals surface area contributed by atoms with Crippen LogP contribution in [0.5, 0.6) is 5.75 Å². The van der Waals surface area contributed by atoms with Gasteiger partial charge in [-0.15, -0.1) is 12.4 Å². The van der Waals surface area contributed by atoms with E-state index in [1.54, 1.807) is 7.11 Å². The van der Waals surface area contributed by atoms with Gasteiger partial charge in [0.1, 0.15) is 5.75 Å². The molecule has 0 bridgehead atoms. The van der Waals surface area contributed by atoms with Crippen molar-refractivity contribution >= 4 is 29.9 Å². The molecule has 1 amide bonds. The minimum Gasteiger partial charge on any atom is -0.497 e. The topological polar surface area (TPSA) is 50.4 Å². The molecule has 0 spiro atoms. The number of hydrogen-bond acceptors (Lipinski definition) is 3. The Morgan fingerprint density at radius 3 is 2.56 bits per heavy atom. The second-order valence-electron chi connectivity index (χ2n) is 5.70. The van der Waals surface area contributed by atoms with E-state index in [1.807, 2.05) is 62.5 Å². The van der Waals surface area contributed by atoms with Gasteiger partial charge in [-0.1, -0.05) is 48.9 Å². The minimum atomic E-state index is -0.333. The van der Waals surface area contributed by atoms with E-state index in [-0.39, 0.29) is 30.3 Å². The van der Waals surface area contributed by atoms with E-state index in [1.165, 1.54) is 0 Å². The number of rotatable bonds is 7. The third kappa shape index (κ3) is 5.63. The highest BCUT2D eigenvalue weighted by Gasteiger charge is 2.22. The lowest BCUT2D eigenvalue weighted by atomic mass is 9.97. The molecular formula is C19H24Cl2N2O2. The minimum absolute atomic E-state index is 0. The molecule has 0 radical (unpaired) electrons. The average Bonchev–Trinajstić information content (AvgIpc) is 2.60. The summed E-state index contributed by atoms with van der Waals surface area (Å²) in [5.41, 5.74) is 1.78. The predicted molar refractivity (Wildman–Crippen MR) is 105 cm³/mol. The van der Waals surface area contributed by atoms with Crippen LogP contribution in [0.15, 0.2) is 48.5 Å². The zero-order valence-corrected chi connectivity index (χ0v) is 16.2. The fourth-order valence-electron chi connectivity index (χ4n) is 2.55. The first-order valence-electron chi connectivity index (χ1n) is 7.90. The number of benzene rings is 2. The number of halogens is 2. The predicted octanol–water partition coefficient (Wildman–Crippen LogP) is 3.83. The summed E-state index contributed by atoms with van der Waals surface area (Å²) < 4.78 is 5.31. The third-order valence-corrected chi connectivity index (χ3v) is 4.23. The van der Waals surface area contributed by atoms with Gasteiger partial charge in [0.15, 0.2) is 0 Å². The number of amides is 1. The van der Waals surface area contributed by atoms with Crippen molar-refractivity contribution in [3.63, 3.8) is 0 Å². The highest BCUT2D eigenvalue weighted by molar-refractivity contribution is 6.31. The standard InChI is InChI=1S/C19H23ClN2O2.ClH/c1-13(12-21-2)19(23)22-18(16-9-4-5-10-17(16)20)14-7-6-8-15(11-14)24-3;/h4-11,13,18,21H,12H2,1-3H3,(H,22,23);1H. The van der Waals surface area contributed by atoms with Crippen molar-refractivity contribution in [3.8, 4) is 5.75 Å². The van der Waals surface area contributed by atoms with Gasteiger partial charge in [0.2, 0.25) is 5.91 Å². The van der Waals surface area contributed by atoms with E-state index in [0.717, 1.165) is 16.9 Å². The van der Waals surface area contributed by atoms with Crippen molar-refractivity contribution in [1.82, 2.24) is 10.6 Å². The lowest BCUT2D eigenvalue weighted by Gasteiger charge is -2.23. The lowest BCUT2D eigenvalue weighted by Crippen LogP contribution is -2.37. The zero-order chi connectivity index (χ0) is 17.5. The zero-order valence-electron chi connectivity index (χ0n) is 14.6. The molecule has 0 aliphatic carbocycles. The largest absolute Gasteiger partial charge is 0.497 e. The molecule has 2 aromatic carbocycles. The van der Waals surface area contributed by atoms with Crippen LogP contribution in [0.3, 0.4) is 0 Å². The van der Waals surface area contributed by atoms with Crippen LogP contribution in [0.2, 0.25) is 5.02 Å². The first-order chi connectivity index (χ1) is 11.6. The first kappa shape index (κ1) is 21.3. The molecule has 0 fully saturated rings. The van der Waals surface area contributed by atoms with Crippen molar-refractivity contribution in [2.45, 2.75) is 13.0 Å². The van der Waals surface area contributed by atoms with Gasteiger partial charge in [-0.25, -0.2) is 0 Å². The summed E-state index contributed by atoms with van der Waals surface area (Å²) in [6, 6.07) is 14.9. The molecule has 6 heteroatoms. The van der Waals surface area contributed by atoms with Crippen LogP contribution in [0, 0.1) is 5.92 Å². The van der Waals surface area contributed by atoms with E-state index in [0.29, 0.717) is 11.6 Å². The van der Waals surface area contributed by atoms with Crippen LogP contribution in [-0.4, -0.2) is 26.6 Å². The smallest absolute Gasteiger partial charge is 0.224 e. The molecule has 0 saturated carbocycles. The maximum atomic E-state index is 12.5. The second-order valence-corrected chi connectivity index (χ2v) is 6.11. The van der Waals surface area contributed by atoms with Gasteiger partial charge in [0.25, 0.3) is 0 Å². The lowest BCUT2D eigenvalue weighted by molar-refractivity contribution is -0.124. The van der Waals surface area contributed by atoms with Crippen molar-refractivity contribution in [1.29, 1.82) is 0 Å². The van der Waals surface area contributed by atoms with Gasteiger partial charge in [0.05, 0.1) is 13.2 Å². The maximum Gasteiger partial charge on any atom is 0.224 e. The summed E-state index contributed by atoms with van der Waals surface area (Å²) >= 11 is 6.37. The molecule has 2 unspecified atom stereocenters. The highest BCUT2D eigenvalue weighted by atomic mass is 35.5. The van der Waals surface area contributed by atoms with E-state index < -0.39 is 0 Å². The van der Waals surface area contributed by atoms with E-state index >= 15 is 0 Å². The SMILES string of the molecule is CNCC(C)C(=O)NC(c1cccc(OC)c1)c1ccccc1Cl.Cl. The number of carbonyl (C=O) groups excluding carboxylic acids is 1. The molecule has 0 heterocycles. The Labute approximate surface area is 160 Å². The fourth-order valence-corrected chi connectivity index (χ4v) is 2.80. The van der Waals surface area contributed by atoms with Crippen LogP contribution in [0.25, 0.3) is 0 Å². The number of carbonyl (C=O) groups is 1. The fraction of sp³-hybridized carbons (Fsp3) is 0.316. The van der Waals surface area contributed by atoms with Crippen LogP contribution in [0.4, 0.5) is 0 Å². The first-order valence-corrected chi connectivity index (χ1v) is 8.28. The van der Waals surface area contributed by atoms with Gasteiger partial charge >= 0.3 is 0 Å². The molecule has 0 aliphatic heterocycles. The Balaban J connectivity index is 0.00000312. The van der Waals surface area contributed by atoms with Crippen molar-refractivity contribution in [3.05, 3.63) is 64.7 Å². The summed E-state index contributed by atoms with van der Waals surface area (Å²) in [6.45, 7) is 2.50. The quantitative estimate of drug-likeness (QED) is 0.764. The van der Waals surface area contributed by atoms with Gasteiger partial charge in [-0.3, -0.25) is 4.79 Å². The molecule has 0 saturated heterocycles. The van der Waals surface area contributed by atoms with Crippen molar-refractivity contribution in [2.75, 3.05) is 20.7 Å². The second kappa shape index (κ2) is 10.3.